The first-order valence-electron chi connectivity index (χ1n) is 20.7. The van der Waals surface area contributed by atoms with Gasteiger partial charge in [0.05, 0.1) is 25.2 Å². The van der Waals surface area contributed by atoms with Gasteiger partial charge >= 0.3 is 5.97 Å². The lowest BCUT2D eigenvalue weighted by Crippen LogP contribution is -2.46. The number of carbonyl (C=O) groups is 2. The van der Waals surface area contributed by atoms with Crippen molar-refractivity contribution < 1.29 is 24.5 Å². The molecule has 0 aromatic rings. The molecule has 0 saturated heterocycles. The van der Waals surface area contributed by atoms with Crippen LogP contribution in [-0.2, 0) is 14.3 Å². The molecule has 0 aliphatic carbocycles. The van der Waals surface area contributed by atoms with Crippen molar-refractivity contribution in [3.05, 3.63) is 36.5 Å². The van der Waals surface area contributed by atoms with Crippen molar-refractivity contribution in [2.24, 2.45) is 0 Å². The molecule has 0 saturated carbocycles. The Bertz CT molecular complexity index is 823. The molecule has 3 N–H and O–H groups in total. The van der Waals surface area contributed by atoms with Crippen LogP contribution in [-0.4, -0.2) is 46.9 Å². The monoisotopic (exact) mass is 690 g/mol. The molecule has 0 rings (SSSR count). The normalized spacial score (nSPS) is 13.8. The van der Waals surface area contributed by atoms with Gasteiger partial charge in [0.2, 0.25) is 5.91 Å². The lowest BCUT2D eigenvalue weighted by atomic mass is 10.0. The minimum absolute atomic E-state index is 0.0701. The maximum absolute atomic E-state index is 13.0. The molecule has 0 heterocycles. The van der Waals surface area contributed by atoms with Crippen LogP contribution in [0, 0.1) is 0 Å². The van der Waals surface area contributed by atoms with E-state index >= 15 is 0 Å². The van der Waals surface area contributed by atoms with Crippen molar-refractivity contribution in [3.8, 4) is 0 Å². The number of hydrogen-bond donors (Lipinski definition) is 3. The molecule has 0 aliphatic rings. The van der Waals surface area contributed by atoms with Gasteiger partial charge in [-0.2, -0.15) is 0 Å². The van der Waals surface area contributed by atoms with E-state index in [1.807, 2.05) is 0 Å². The summed E-state index contributed by atoms with van der Waals surface area (Å²) >= 11 is 0. The van der Waals surface area contributed by atoms with Gasteiger partial charge < -0.3 is 20.3 Å². The zero-order chi connectivity index (χ0) is 36.0. The number of esters is 1. The number of aliphatic hydroxyl groups excluding tert-OH is 2. The van der Waals surface area contributed by atoms with Crippen LogP contribution in [0.15, 0.2) is 36.5 Å². The van der Waals surface area contributed by atoms with E-state index in [0.29, 0.717) is 19.3 Å². The Balaban J connectivity index is 4.52. The smallest absolute Gasteiger partial charge is 0.306 e. The first-order valence-corrected chi connectivity index (χ1v) is 20.7. The number of carbonyl (C=O) groups excluding carboxylic acids is 2. The predicted molar refractivity (Wildman–Crippen MR) is 209 cm³/mol. The van der Waals surface area contributed by atoms with Crippen LogP contribution in [0.2, 0.25) is 0 Å². The third kappa shape index (κ3) is 33.0. The van der Waals surface area contributed by atoms with Crippen LogP contribution in [0.25, 0.3) is 0 Å². The topological polar surface area (TPSA) is 95.9 Å². The van der Waals surface area contributed by atoms with E-state index in [1.165, 1.54) is 70.6 Å². The summed E-state index contributed by atoms with van der Waals surface area (Å²) < 4.78 is 5.84. The Labute approximate surface area is 303 Å². The van der Waals surface area contributed by atoms with Crippen molar-refractivity contribution >= 4 is 11.9 Å². The number of ether oxygens (including phenoxy) is 1. The highest BCUT2D eigenvalue weighted by atomic mass is 16.5. The molecule has 6 heteroatoms. The lowest BCUT2D eigenvalue weighted by Gasteiger charge is -2.24. The van der Waals surface area contributed by atoms with Gasteiger partial charge in [-0.1, -0.05) is 179 Å². The molecule has 1 amide bonds. The summed E-state index contributed by atoms with van der Waals surface area (Å²) in [6.45, 7) is 6.28. The number of rotatable bonds is 36. The summed E-state index contributed by atoms with van der Waals surface area (Å²) in [4.78, 5) is 25.8. The molecule has 3 atom stereocenters. The molecule has 3 unspecified atom stereocenters. The van der Waals surface area contributed by atoms with Crippen LogP contribution >= 0.6 is 0 Å². The zero-order valence-corrected chi connectivity index (χ0v) is 32.3. The Hall–Kier alpha value is -1.92. The van der Waals surface area contributed by atoms with E-state index in [2.05, 4.69) is 62.5 Å². The fourth-order valence-corrected chi connectivity index (χ4v) is 6.13. The fourth-order valence-electron chi connectivity index (χ4n) is 6.13. The number of amides is 1. The van der Waals surface area contributed by atoms with Crippen LogP contribution < -0.4 is 5.32 Å². The van der Waals surface area contributed by atoms with Gasteiger partial charge in [0.1, 0.15) is 6.10 Å². The predicted octanol–water partition coefficient (Wildman–Crippen LogP) is 11.4. The summed E-state index contributed by atoms with van der Waals surface area (Å²) in [5.41, 5.74) is 0. The average molecular weight is 690 g/mol. The second kappa shape index (κ2) is 37.3. The van der Waals surface area contributed by atoms with Crippen LogP contribution in [0.3, 0.4) is 0 Å². The molecule has 0 bridgehead atoms. The Morgan fingerprint density at radius 2 is 1.10 bits per heavy atom. The molecule has 0 aromatic carbocycles. The molecule has 0 aliphatic heterocycles. The van der Waals surface area contributed by atoms with Crippen molar-refractivity contribution in [1.29, 1.82) is 0 Å². The largest absolute Gasteiger partial charge is 0.462 e. The number of aliphatic hydroxyl groups is 2. The van der Waals surface area contributed by atoms with Crippen molar-refractivity contribution in [3.63, 3.8) is 0 Å². The van der Waals surface area contributed by atoms with E-state index in [1.54, 1.807) is 0 Å². The maximum Gasteiger partial charge on any atom is 0.306 e. The highest BCUT2D eigenvalue weighted by Gasteiger charge is 2.24. The number of allylic oxidation sites excluding steroid dienone is 6. The number of unbranched alkanes of at least 4 members (excludes halogenated alkanes) is 20. The Kier molecular flexibility index (Phi) is 35.9. The third-order valence-corrected chi connectivity index (χ3v) is 9.29. The van der Waals surface area contributed by atoms with Gasteiger partial charge in [0, 0.05) is 6.42 Å². The SMILES string of the molecule is CC/C=C/C=C/C=C\CCCCCCCC(=O)OC(CCCCCCCCC)CC(=O)NC(CO)C(O)CCCCCCCCCCCC. The fraction of sp³-hybridized carbons (Fsp3) is 0.814. The summed E-state index contributed by atoms with van der Waals surface area (Å²) in [5, 5.41) is 23.5. The highest BCUT2D eigenvalue weighted by Crippen LogP contribution is 2.17. The first kappa shape index (κ1) is 47.1. The molecular formula is C43H79NO5. The van der Waals surface area contributed by atoms with Gasteiger partial charge in [-0.15, -0.1) is 0 Å². The molecule has 49 heavy (non-hydrogen) atoms. The van der Waals surface area contributed by atoms with Crippen LogP contribution in [0.4, 0.5) is 0 Å². The number of hydrogen-bond acceptors (Lipinski definition) is 5. The van der Waals surface area contributed by atoms with Crippen LogP contribution in [0.5, 0.6) is 0 Å². The Morgan fingerprint density at radius 1 is 0.612 bits per heavy atom. The van der Waals surface area contributed by atoms with Gasteiger partial charge in [0.25, 0.3) is 0 Å². The molecule has 286 valence electrons. The van der Waals surface area contributed by atoms with E-state index in [-0.39, 0.29) is 24.9 Å². The minimum atomic E-state index is -0.784. The second-order valence-electron chi connectivity index (χ2n) is 14.1. The van der Waals surface area contributed by atoms with Gasteiger partial charge in [-0.25, -0.2) is 0 Å². The van der Waals surface area contributed by atoms with Crippen molar-refractivity contribution in [2.75, 3.05) is 6.61 Å². The third-order valence-electron chi connectivity index (χ3n) is 9.29. The zero-order valence-electron chi connectivity index (χ0n) is 32.3. The van der Waals surface area contributed by atoms with Crippen LogP contribution in [0.1, 0.15) is 201 Å². The molecular weight excluding hydrogens is 610 g/mol. The first-order chi connectivity index (χ1) is 24.0. The van der Waals surface area contributed by atoms with E-state index < -0.39 is 18.2 Å². The average Bonchev–Trinajstić information content (AvgIpc) is 3.09. The summed E-state index contributed by atoms with van der Waals surface area (Å²) in [7, 11) is 0. The van der Waals surface area contributed by atoms with Gasteiger partial charge in [0.15, 0.2) is 0 Å². The van der Waals surface area contributed by atoms with Crippen molar-refractivity contribution in [2.45, 2.75) is 219 Å². The summed E-state index contributed by atoms with van der Waals surface area (Å²) in [6.07, 6.45) is 40.7. The van der Waals surface area contributed by atoms with Gasteiger partial charge in [-0.05, 0) is 44.9 Å². The van der Waals surface area contributed by atoms with E-state index in [0.717, 1.165) is 83.5 Å². The maximum atomic E-state index is 13.0. The standard InChI is InChI=1S/C43H79NO5/c1-4-7-10-13-16-18-20-21-22-24-27-30-33-36-43(48)49-39(34-31-28-25-15-12-9-6-3)37-42(47)44-40(38-45)41(46)35-32-29-26-23-19-17-14-11-8-5-2/h7,10,13,16,18,20,39-41,45-46H,4-6,8-9,11-12,14-15,17,19,21-38H2,1-3H3,(H,44,47)/b10-7+,16-13+,20-18-. The second-order valence-corrected chi connectivity index (χ2v) is 14.1. The lowest BCUT2D eigenvalue weighted by molar-refractivity contribution is -0.151. The highest BCUT2D eigenvalue weighted by molar-refractivity contribution is 5.77. The summed E-state index contributed by atoms with van der Waals surface area (Å²) in [6, 6.07) is -0.698. The molecule has 0 fully saturated rings. The van der Waals surface area contributed by atoms with Crippen molar-refractivity contribution in [1.82, 2.24) is 5.32 Å². The van der Waals surface area contributed by atoms with E-state index in [9.17, 15) is 19.8 Å². The van der Waals surface area contributed by atoms with Gasteiger partial charge in [-0.3, -0.25) is 9.59 Å². The molecule has 0 aromatic heterocycles. The molecule has 6 nitrogen and oxygen atoms in total. The Morgan fingerprint density at radius 3 is 1.65 bits per heavy atom. The molecule has 0 spiro atoms. The number of nitrogens with one attached hydrogen (secondary N) is 1. The van der Waals surface area contributed by atoms with E-state index in [4.69, 9.17) is 4.74 Å². The molecule has 0 radical (unpaired) electrons. The quantitative estimate of drug-likeness (QED) is 0.0346. The minimum Gasteiger partial charge on any atom is -0.462 e. The summed E-state index contributed by atoms with van der Waals surface area (Å²) in [5.74, 6) is -0.504.